The lowest BCUT2D eigenvalue weighted by Gasteiger charge is -2.14. The van der Waals surface area contributed by atoms with E-state index >= 15 is 0 Å². The van der Waals surface area contributed by atoms with E-state index in [1.165, 1.54) is 0 Å². The maximum Gasteiger partial charge on any atom is 0.0616 e. The van der Waals surface area contributed by atoms with Crippen LogP contribution >= 0.6 is 0 Å². The van der Waals surface area contributed by atoms with E-state index in [2.05, 4.69) is 39.9 Å². The van der Waals surface area contributed by atoms with E-state index in [1.54, 1.807) is 0 Å². The Hall–Kier alpha value is -0.0800. The molecule has 0 radical (unpaired) electrons. The molecule has 1 fully saturated rings. The summed E-state index contributed by atoms with van der Waals surface area (Å²) >= 11 is 0. The summed E-state index contributed by atoms with van der Waals surface area (Å²) in [4.78, 5) is 0. The lowest BCUT2D eigenvalue weighted by molar-refractivity contribution is 0.126. The van der Waals surface area contributed by atoms with Crippen LogP contribution in [0.1, 0.15) is 41.5 Å². The van der Waals surface area contributed by atoms with E-state index in [1.807, 2.05) is 6.92 Å². The Morgan fingerprint density at radius 1 is 1.20 bits per heavy atom. The average Bonchev–Trinajstić information content (AvgIpc) is 2.51. The third-order valence-electron chi connectivity index (χ3n) is 4.56. The van der Waals surface area contributed by atoms with Gasteiger partial charge in [0.1, 0.15) is 0 Å². The Kier molecular flexibility index (Phi) is 3.83. The van der Waals surface area contributed by atoms with Gasteiger partial charge in [-0.2, -0.15) is 0 Å². The molecule has 2 heteroatoms. The minimum Gasteiger partial charge on any atom is -0.380 e. The van der Waals surface area contributed by atoms with Gasteiger partial charge in [-0.25, -0.2) is 0 Å². The predicted molar refractivity (Wildman–Crippen MR) is 65.0 cm³/mol. The Morgan fingerprint density at radius 3 is 2.13 bits per heavy atom. The largest absolute Gasteiger partial charge is 0.380 e. The van der Waals surface area contributed by atoms with Crippen molar-refractivity contribution < 1.29 is 4.74 Å². The minimum absolute atomic E-state index is 0.470. The molecule has 0 aromatic rings. The highest BCUT2D eigenvalue weighted by molar-refractivity contribution is 5.12. The SMILES string of the molecule is CCOCC(C)NCC1C(C)(C)C1(C)C. The summed E-state index contributed by atoms with van der Waals surface area (Å²) in [5, 5.41) is 3.57. The molecule has 0 aliphatic heterocycles. The molecular formula is C13H27NO. The number of hydrogen-bond acceptors (Lipinski definition) is 2. The van der Waals surface area contributed by atoms with Gasteiger partial charge in [0.2, 0.25) is 0 Å². The molecule has 1 atom stereocenters. The molecule has 0 bridgehead atoms. The van der Waals surface area contributed by atoms with Gasteiger partial charge in [0.25, 0.3) is 0 Å². The number of nitrogens with one attached hydrogen (secondary N) is 1. The first kappa shape index (κ1) is 13.0. The van der Waals surface area contributed by atoms with Gasteiger partial charge in [-0.3, -0.25) is 0 Å². The van der Waals surface area contributed by atoms with E-state index in [-0.39, 0.29) is 0 Å². The Balaban J connectivity index is 2.22. The molecule has 1 rings (SSSR count). The smallest absolute Gasteiger partial charge is 0.0616 e. The van der Waals surface area contributed by atoms with Crippen molar-refractivity contribution >= 4 is 0 Å². The summed E-state index contributed by atoms with van der Waals surface area (Å²) in [5.41, 5.74) is 0.983. The lowest BCUT2D eigenvalue weighted by atomic mass is 10.0. The summed E-state index contributed by atoms with van der Waals surface area (Å²) < 4.78 is 5.39. The van der Waals surface area contributed by atoms with Crippen molar-refractivity contribution in [1.82, 2.24) is 5.32 Å². The molecule has 1 saturated carbocycles. The second kappa shape index (κ2) is 4.42. The highest BCUT2D eigenvalue weighted by Gasteiger charge is 2.63. The Bertz CT molecular complexity index is 197. The second-order valence-electron chi connectivity index (χ2n) is 5.96. The minimum atomic E-state index is 0.470. The fourth-order valence-electron chi connectivity index (χ4n) is 2.52. The quantitative estimate of drug-likeness (QED) is 0.732. The van der Waals surface area contributed by atoms with Gasteiger partial charge in [-0.1, -0.05) is 27.7 Å². The molecule has 15 heavy (non-hydrogen) atoms. The molecule has 1 unspecified atom stereocenters. The molecule has 1 aliphatic rings. The van der Waals surface area contributed by atoms with E-state index in [4.69, 9.17) is 4.74 Å². The number of hydrogen-bond donors (Lipinski definition) is 1. The zero-order valence-corrected chi connectivity index (χ0v) is 11.2. The van der Waals surface area contributed by atoms with Crippen LogP contribution in [0.4, 0.5) is 0 Å². The molecule has 2 nitrogen and oxygen atoms in total. The van der Waals surface area contributed by atoms with E-state index in [0.29, 0.717) is 16.9 Å². The molecule has 0 amide bonds. The van der Waals surface area contributed by atoms with Crippen LogP contribution in [0.2, 0.25) is 0 Å². The maximum atomic E-state index is 5.39. The predicted octanol–water partition coefficient (Wildman–Crippen LogP) is 2.68. The Morgan fingerprint density at radius 2 is 1.73 bits per heavy atom. The molecule has 0 aromatic carbocycles. The van der Waals surface area contributed by atoms with Crippen molar-refractivity contribution in [3.05, 3.63) is 0 Å². The topological polar surface area (TPSA) is 21.3 Å². The van der Waals surface area contributed by atoms with Crippen LogP contribution in [0.5, 0.6) is 0 Å². The van der Waals surface area contributed by atoms with Gasteiger partial charge in [0.15, 0.2) is 0 Å². The molecule has 1 N–H and O–H groups in total. The first-order valence-electron chi connectivity index (χ1n) is 6.15. The summed E-state index contributed by atoms with van der Waals surface area (Å²) in [6.45, 7) is 16.5. The summed E-state index contributed by atoms with van der Waals surface area (Å²) in [6.07, 6.45) is 0. The van der Waals surface area contributed by atoms with Crippen LogP contribution in [0.25, 0.3) is 0 Å². The highest BCUT2D eigenvalue weighted by atomic mass is 16.5. The van der Waals surface area contributed by atoms with Crippen LogP contribution in [0, 0.1) is 16.7 Å². The fourth-order valence-corrected chi connectivity index (χ4v) is 2.52. The Labute approximate surface area is 94.8 Å². The van der Waals surface area contributed by atoms with Gasteiger partial charge < -0.3 is 10.1 Å². The monoisotopic (exact) mass is 213 g/mol. The van der Waals surface area contributed by atoms with Gasteiger partial charge in [-0.05, 0) is 37.1 Å². The van der Waals surface area contributed by atoms with Crippen LogP contribution in [0.15, 0.2) is 0 Å². The average molecular weight is 213 g/mol. The van der Waals surface area contributed by atoms with Crippen molar-refractivity contribution in [2.24, 2.45) is 16.7 Å². The molecule has 1 aliphatic carbocycles. The third-order valence-corrected chi connectivity index (χ3v) is 4.56. The second-order valence-corrected chi connectivity index (χ2v) is 5.96. The zero-order valence-electron chi connectivity index (χ0n) is 11.2. The van der Waals surface area contributed by atoms with Crippen molar-refractivity contribution in [3.63, 3.8) is 0 Å². The van der Waals surface area contributed by atoms with Gasteiger partial charge in [0.05, 0.1) is 6.61 Å². The lowest BCUT2D eigenvalue weighted by Crippen LogP contribution is -2.33. The first-order valence-corrected chi connectivity index (χ1v) is 6.15. The van der Waals surface area contributed by atoms with Crippen molar-refractivity contribution in [3.8, 4) is 0 Å². The van der Waals surface area contributed by atoms with E-state index in [9.17, 15) is 0 Å². The van der Waals surface area contributed by atoms with E-state index in [0.717, 1.165) is 25.7 Å². The summed E-state index contributed by atoms with van der Waals surface area (Å²) in [7, 11) is 0. The van der Waals surface area contributed by atoms with Crippen molar-refractivity contribution in [2.45, 2.75) is 47.6 Å². The molecule has 90 valence electrons. The normalized spacial score (nSPS) is 25.2. The fraction of sp³-hybridized carbons (Fsp3) is 1.00. The maximum absolute atomic E-state index is 5.39. The molecule has 0 heterocycles. The number of ether oxygens (including phenoxy) is 1. The van der Waals surface area contributed by atoms with Gasteiger partial charge in [0, 0.05) is 12.6 Å². The highest BCUT2D eigenvalue weighted by Crippen LogP contribution is 2.67. The third kappa shape index (κ3) is 2.54. The van der Waals surface area contributed by atoms with Crippen LogP contribution in [-0.2, 0) is 4.74 Å². The van der Waals surface area contributed by atoms with Gasteiger partial charge in [-0.15, -0.1) is 0 Å². The molecule has 0 saturated heterocycles. The summed E-state index contributed by atoms with van der Waals surface area (Å²) in [6, 6.07) is 0.470. The van der Waals surface area contributed by atoms with Crippen LogP contribution in [-0.4, -0.2) is 25.8 Å². The number of rotatable bonds is 6. The summed E-state index contributed by atoms with van der Waals surface area (Å²) in [5.74, 6) is 0.800. The van der Waals surface area contributed by atoms with E-state index < -0.39 is 0 Å². The van der Waals surface area contributed by atoms with Gasteiger partial charge >= 0.3 is 0 Å². The first-order chi connectivity index (χ1) is 6.84. The molecule has 0 aromatic heterocycles. The molecule has 0 spiro atoms. The van der Waals surface area contributed by atoms with Crippen LogP contribution in [0.3, 0.4) is 0 Å². The zero-order chi connectivity index (χ0) is 11.7. The molecular weight excluding hydrogens is 186 g/mol. The van der Waals surface area contributed by atoms with Crippen LogP contribution < -0.4 is 5.32 Å². The standard InChI is InChI=1S/C13H27NO/c1-7-15-9-10(2)14-8-11-12(3,4)13(11,5)6/h10-11,14H,7-9H2,1-6H3. The van der Waals surface area contributed by atoms with Crippen molar-refractivity contribution in [2.75, 3.05) is 19.8 Å². The van der Waals surface area contributed by atoms with Crippen molar-refractivity contribution in [1.29, 1.82) is 0 Å².